The van der Waals surface area contributed by atoms with Crippen molar-refractivity contribution in [2.24, 2.45) is 11.3 Å². The molecule has 0 spiro atoms. The van der Waals surface area contributed by atoms with E-state index in [0.717, 1.165) is 0 Å². The first-order valence-electron chi connectivity index (χ1n) is 6.97. The molecule has 1 rings (SSSR count). The Morgan fingerprint density at radius 1 is 1.32 bits per heavy atom. The Morgan fingerprint density at radius 2 is 1.84 bits per heavy atom. The standard InChI is InChI=1S/C14H26N2O3/c1-10(17)9-15-12(18)11-5-7-16(8-6-11)13(19)14(2,3)4/h10-11,17H,5-9H2,1-4H3,(H,15,18). The Labute approximate surface area is 115 Å². The average molecular weight is 270 g/mol. The van der Waals surface area contributed by atoms with Gasteiger partial charge in [-0.25, -0.2) is 0 Å². The molecule has 1 heterocycles. The van der Waals surface area contributed by atoms with Crippen LogP contribution in [0, 0.1) is 11.3 Å². The van der Waals surface area contributed by atoms with Crippen LogP contribution in [0.1, 0.15) is 40.5 Å². The van der Waals surface area contributed by atoms with Crippen molar-refractivity contribution in [3.63, 3.8) is 0 Å². The molecule has 5 heteroatoms. The molecule has 0 aromatic rings. The summed E-state index contributed by atoms with van der Waals surface area (Å²) in [6.45, 7) is 8.96. The molecule has 1 aliphatic rings. The Hall–Kier alpha value is -1.10. The van der Waals surface area contributed by atoms with E-state index < -0.39 is 6.10 Å². The summed E-state index contributed by atoms with van der Waals surface area (Å²) in [5.74, 6) is 0.0989. The summed E-state index contributed by atoms with van der Waals surface area (Å²) in [6.07, 6.45) is 0.882. The fraction of sp³-hybridized carbons (Fsp3) is 0.857. The zero-order valence-corrected chi connectivity index (χ0v) is 12.4. The smallest absolute Gasteiger partial charge is 0.227 e. The van der Waals surface area contributed by atoms with Crippen molar-refractivity contribution in [3.8, 4) is 0 Å². The zero-order chi connectivity index (χ0) is 14.6. The fourth-order valence-corrected chi connectivity index (χ4v) is 2.21. The number of carbonyl (C=O) groups excluding carboxylic acids is 2. The van der Waals surface area contributed by atoms with E-state index in [1.165, 1.54) is 0 Å². The Bertz CT molecular complexity index is 326. The number of aliphatic hydroxyl groups excluding tert-OH is 1. The summed E-state index contributed by atoms with van der Waals surface area (Å²) in [4.78, 5) is 25.8. The third-order valence-corrected chi connectivity index (χ3v) is 3.37. The van der Waals surface area contributed by atoms with Crippen molar-refractivity contribution < 1.29 is 14.7 Å². The van der Waals surface area contributed by atoms with Gasteiger partial charge in [0.2, 0.25) is 11.8 Å². The van der Waals surface area contributed by atoms with Crippen LogP contribution in [0.4, 0.5) is 0 Å². The molecule has 0 aromatic carbocycles. The van der Waals surface area contributed by atoms with Gasteiger partial charge in [0.05, 0.1) is 6.10 Å². The monoisotopic (exact) mass is 270 g/mol. The number of hydrogen-bond donors (Lipinski definition) is 2. The molecule has 0 bridgehead atoms. The molecule has 110 valence electrons. The molecular weight excluding hydrogens is 244 g/mol. The summed E-state index contributed by atoms with van der Waals surface area (Å²) in [6, 6.07) is 0. The fourth-order valence-electron chi connectivity index (χ4n) is 2.21. The number of nitrogens with zero attached hydrogens (tertiary/aromatic N) is 1. The molecule has 1 saturated heterocycles. The van der Waals surface area contributed by atoms with Gasteiger partial charge in [0, 0.05) is 31.0 Å². The van der Waals surface area contributed by atoms with Crippen LogP contribution in [0.3, 0.4) is 0 Å². The van der Waals surface area contributed by atoms with Crippen molar-refractivity contribution in [1.82, 2.24) is 10.2 Å². The van der Waals surface area contributed by atoms with Gasteiger partial charge in [-0.15, -0.1) is 0 Å². The molecule has 5 nitrogen and oxygen atoms in total. The second-order valence-corrected chi connectivity index (χ2v) is 6.41. The molecule has 2 amide bonds. The van der Waals surface area contributed by atoms with E-state index in [1.54, 1.807) is 6.92 Å². The van der Waals surface area contributed by atoms with Gasteiger partial charge in [0.15, 0.2) is 0 Å². The highest BCUT2D eigenvalue weighted by Crippen LogP contribution is 2.23. The minimum atomic E-state index is -0.522. The molecule has 19 heavy (non-hydrogen) atoms. The topological polar surface area (TPSA) is 69.6 Å². The van der Waals surface area contributed by atoms with Crippen LogP contribution in [-0.2, 0) is 9.59 Å². The second kappa shape index (κ2) is 6.37. The zero-order valence-electron chi connectivity index (χ0n) is 12.4. The number of amides is 2. The molecule has 1 atom stereocenters. The van der Waals surface area contributed by atoms with Gasteiger partial charge in [-0.05, 0) is 19.8 Å². The van der Waals surface area contributed by atoms with Crippen molar-refractivity contribution in [3.05, 3.63) is 0 Å². The summed E-state index contributed by atoms with van der Waals surface area (Å²) < 4.78 is 0. The van der Waals surface area contributed by atoms with Gasteiger partial charge in [-0.2, -0.15) is 0 Å². The minimum absolute atomic E-state index is 0.0104. The molecule has 0 aromatic heterocycles. The molecule has 1 fully saturated rings. The molecule has 1 aliphatic heterocycles. The first-order valence-corrected chi connectivity index (χ1v) is 6.97. The van der Waals surface area contributed by atoms with Crippen LogP contribution in [0.15, 0.2) is 0 Å². The van der Waals surface area contributed by atoms with Crippen LogP contribution >= 0.6 is 0 Å². The SMILES string of the molecule is CC(O)CNC(=O)C1CCN(C(=O)C(C)(C)C)CC1. The lowest BCUT2D eigenvalue weighted by molar-refractivity contribution is -0.142. The first kappa shape index (κ1) is 16.0. The van der Waals surface area contributed by atoms with Crippen LogP contribution in [0.2, 0.25) is 0 Å². The molecular formula is C14H26N2O3. The Balaban J connectivity index is 2.41. The lowest BCUT2D eigenvalue weighted by Gasteiger charge is -2.35. The van der Waals surface area contributed by atoms with Crippen LogP contribution in [0.5, 0.6) is 0 Å². The highest BCUT2D eigenvalue weighted by Gasteiger charge is 2.32. The Morgan fingerprint density at radius 3 is 2.26 bits per heavy atom. The highest BCUT2D eigenvalue weighted by molar-refractivity contribution is 5.82. The van der Waals surface area contributed by atoms with E-state index in [1.807, 2.05) is 25.7 Å². The van der Waals surface area contributed by atoms with Crippen LogP contribution in [-0.4, -0.2) is 47.6 Å². The quantitative estimate of drug-likeness (QED) is 0.796. The number of carbonyl (C=O) groups is 2. The van der Waals surface area contributed by atoms with E-state index >= 15 is 0 Å². The van der Waals surface area contributed by atoms with Gasteiger partial charge >= 0.3 is 0 Å². The van der Waals surface area contributed by atoms with Gasteiger partial charge < -0.3 is 15.3 Å². The summed E-state index contributed by atoms with van der Waals surface area (Å²) in [5.41, 5.74) is -0.360. The van der Waals surface area contributed by atoms with Crippen molar-refractivity contribution in [2.45, 2.75) is 46.6 Å². The predicted octanol–water partition coefficient (Wildman–Crippen LogP) is 0.768. The summed E-state index contributed by atoms with van der Waals surface area (Å²) in [5, 5.41) is 11.9. The minimum Gasteiger partial charge on any atom is -0.392 e. The normalized spacial score (nSPS) is 19.1. The van der Waals surface area contributed by atoms with E-state index in [-0.39, 0.29) is 23.1 Å². The molecule has 0 aliphatic carbocycles. The summed E-state index contributed by atoms with van der Waals surface area (Å²) >= 11 is 0. The van der Waals surface area contributed by atoms with E-state index in [4.69, 9.17) is 5.11 Å². The predicted molar refractivity (Wildman–Crippen MR) is 73.4 cm³/mol. The lowest BCUT2D eigenvalue weighted by atomic mass is 9.90. The molecule has 0 saturated carbocycles. The number of likely N-dealkylation sites (tertiary alicyclic amines) is 1. The van der Waals surface area contributed by atoms with Crippen molar-refractivity contribution >= 4 is 11.8 Å². The van der Waals surface area contributed by atoms with Crippen LogP contribution < -0.4 is 5.32 Å². The van der Waals surface area contributed by atoms with Gasteiger partial charge in [0.1, 0.15) is 0 Å². The van der Waals surface area contributed by atoms with Crippen molar-refractivity contribution in [2.75, 3.05) is 19.6 Å². The largest absolute Gasteiger partial charge is 0.392 e. The number of nitrogens with one attached hydrogen (secondary N) is 1. The van der Waals surface area contributed by atoms with Crippen LogP contribution in [0.25, 0.3) is 0 Å². The maximum Gasteiger partial charge on any atom is 0.227 e. The number of hydrogen-bond acceptors (Lipinski definition) is 3. The number of aliphatic hydroxyl groups is 1. The number of piperidine rings is 1. The van der Waals surface area contributed by atoms with Gasteiger partial charge in [-0.1, -0.05) is 20.8 Å². The van der Waals surface area contributed by atoms with Gasteiger partial charge in [-0.3, -0.25) is 9.59 Å². The average Bonchev–Trinajstić information content (AvgIpc) is 2.34. The Kier molecular flexibility index (Phi) is 5.35. The van der Waals surface area contributed by atoms with E-state index in [9.17, 15) is 9.59 Å². The second-order valence-electron chi connectivity index (χ2n) is 6.41. The van der Waals surface area contributed by atoms with Crippen molar-refractivity contribution in [1.29, 1.82) is 0 Å². The molecule has 0 radical (unpaired) electrons. The maximum atomic E-state index is 12.1. The summed E-state index contributed by atoms with van der Waals surface area (Å²) in [7, 11) is 0. The third-order valence-electron chi connectivity index (χ3n) is 3.37. The maximum absolute atomic E-state index is 12.1. The van der Waals surface area contributed by atoms with E-state index in [2.05, 4.69) is 5.32 Å². The van der Waals surface area contributed by atoms with Gasteiger partial charge in [0.25, 0.3) is 0 Å². The lowest BCUT2D eigenvalue weighted by Crippen LogP contribution is -2.47. The molecule has 1 unspecified atom stereocenters. The number of rotatable bonds is 3. The highest BCUT2D eigenvalue weighted by atomic mass is 16.3. The third kappa shape index (κ3) is 4.82. The van der Waals surface area contributed by atoms with E-state index in [0.29, 0.717) is 32.5 Å². The first-order chi connectivity index (χ1) is 8.71. The molecule has 2 N–H and O–H groups in total.